The van der Waals surface area contributed by atoms with E-state index in [0.717, 1.165) is 12.1 Å². The zero-order chi connectivity index (χ0) is 13.0. The van der Waals surface area contributed by atoms with Gasteiger partial charge in [-0.3, -0.25) is 4.98 Å². The molecule has 1 rings (SSSR count). The Hall–Kier alpha value is -1.38. The van der Waals surface area contributed by atoms with E-state index in [2.05, 4.69) is 32.7 Å². The van der Waals surface area contributed by atoms with Crippen molar-refractivity contribution in [1.82, 2.24) is 4.98 Å². The van der Waals surface area contributed by atoms with Gasteiger partial charge in [0.2, 0.25) is 0 Å². The Morgan fingerprint density at radius 1 is 1.29 bits per heavy atom. The highest BCUT2D eigenvalue weighted by molar-refractivity contribution is 5.96. The quantitative estimate of drug-likeness (QED) is 0.766. The van der Waals surface area contributed by atoms with Crippen molar-refractivity contribution in [3.05, 3.63) is 24.0 Å². The van der Waals surface area contributed by atoms with Crippen LogP contribution in [0.25, 0.3) is 0 Å². The molecule has 3 heteroatoms. The molecule has 1 aromatic rings. The summed E-state index contributed by atoms with van der Waals surface area (Å²) >= 11 is 0. The minimum atomic E-state index is 0.502. The first-order valence-electron chi connectivity index (χ1n) is 6.21. The second kappa shape index (κ2) is 5.80. The summed E-state index contributed by atoms with van der Waals surface area (Å²) in [5.74, 6) is 1.77. The van der Waals surface area contributed by atoms with E-state index in [9.17, 15) is 0 Å². The number of aromatic nitrogens is 1. The van der Waals surface area contributed by atoms with Gasteiger partial charge in [0.25, 0.3) is 0 Å². The van der Waals surface area contributed by atoms with Gasteiger partial charge in [-0.2, -0.15) is 0 Å². The topological polar surface area (TPSA) is 62.8 Å². The second-order valence-electron chi connectivity index (χ2n) is 5.24. The highest BCUT2D eigenvalue weighted by Gasteiger charge is 2.18. The number of nitrogens with one attached hydrogen (secondary N) is 1. The molecular formula is C14H23N3. The number of rotatable bonds is 5. The van der Waals surface area contributed by atoms with Gasteiger partial charge in [-0.05, 0) is 36.3 Å². The van der Waals surface area contributed by atoms with E-state index in [1.165, 1.54) is 0 Å². The van der Waals surface area contributed by atoms with Crippen molar-refractivity contribution in [2.75, 3.05) is 5.73 Å². The summed E-state index contributed by atoms with van der Waals surface area (Å²) in [6.45, 7) is 8.91. The average Bonchev–Trinajstić information content (AvgIpc) is 2.28. The maximum atomic E-state index is 8.06. The Morgan fingerprint density at radius 3 is 2.41 bits per heavy atom. The Balaban J connectivity index is 2.63. The van der Waals surface area contributed by atoms with Crippen molar-refractivity contribution in [1.29, 1.82) is 5.41 Å². The van der Waals surface area contributed by atoms with Crippen molar-refractivity contribution in [2.45, 2.75) is 34.1 Å². The van der Waals surface area contributed by atoms with E-state index in [1.54, 1.807) is 12.3 Å². The van der Waals surface area contributed by atoms with E-state index in [0.29, 0.717) is 29.2 Å². The lowest BCUT2D eigenvalue weighted by atomic mass is 9.83. The third kappa shape index (κ3) is 3.84. The van der Waals surface area contributed by atoms with Crippen LogP contribution in [-0.2, 0) is 0 Å². The summed E-state index contributed by atoms with van der Waals surface area (Å²) in [6.07, 6.45) is 2.39. The summed E-state index contributed by atoms with van der Waals surface area (Å²) in [5.41, 5.74) is 7.57. The highest BCUT2D eigenvalue weighted by atomic mass is 14.7. The van der Waals surface area contributed by atoms with Crippen LogP contribution in [0.3, 0.4) is 0 Å². The molecule has 0 radical (unpaired) electrons. The van der Waals surface area contributed by atoms with E-state index in [1.807, 2.05) is 6.07 Å². The minimum absolute atomic E-state index is 0.502. The minimum Gasteiger partial charge on any atom is -0.397 e. The van der Waals surface area contributed by atoms with Crippen molar-refractivity contribution < 1.29 is 0 Å². The van der Waals surface area contributed by atoms with Gasteiger partial charge < -0.3 is 11.1 Å². The fraction of sp³-hybridized carbons (Fsp3) is 0.571. The molecule has 1 aromatic heterocycles. The fourth-order valence-corrected chi connectivity index (χ4v) is 1.85. The molecule has 0 bridgehead atoms. The molecule has 0 spiro atoms. The summed E-state index contributed by atoms with van der Waals surface area (Å²) in [5, 5.41) is 8.06. The molecule has 2 atom stereocenters. The van der Waals surface area contributed by atoms with Crippen LogP contribution in [-0.4, -0.2) is 10.7 Å². The van der Waals surface area contributed by atoms with Gasteiger partial charge in [0.15, 0.2) is 0 Å². The Labute approximate surface area is 104 Å². The van der Waals surface area contributed by atoms with Gasteiger partial charge in [0, 0.05) is 0 Å². The molecule has 0 aliphatic heterocycles. The highest BCUT2D eigenvalue weighted by Crippen LogP contribution is 2.24. The summed E-state index contributed by atoms with van der Waals surface area (Å²) in [7, 11) is 0. The SMILES string of the molecule is CC(C)C(C)C(C)CC(=N)c1ccc(N)cn1. The van der Waals surface area contributed by atoms with E-state index in [-0.39, 0.29) is 0 Å². The molecule has 3 nitrogen and oxygen atoms in total. The Kier molecular flexibility index (Phi) is 4.67. The monoisotopic (exact) mass is 233 g/mol. The maximum Gasteiger partial charge on any atom is 0.0838 e. The zero-order valence-electron chi connectivity index (χ0n) is 11.2. The molecule has 2 unspecified atom stereocenters. The van der Waals surface area contributed by atoms with Crippen LogP contribution in [0, 0.1) is 23.2 Å². The molecule has 0 saturated carbocycles. The Morgan fingerprint density at radius 2 is 1.94 bits per heavy atom. The third-order valence-corrected chi connectivity index (χ3v) is 3.57. The van der Waals surface area contributed by atoms with Gasteiger partial charge in [-0.15, -0.1) is 0 Å². The van der Waals surface area contributed by atoms with Crippen LogP contribution < -0.4 is 5.73 Å². The van der Waals surface area contributed by atoms with Gasteiger partial charge in [0.1, 0.15) is 0 Å². The van der Waals surface area contributed by atoms with Gasteiger partial charge in [-0.1, -0.05) is 27.7 Å². The largest absolute Gasteiger partial charge is 0.397 e. The first kappa shape index (κ1) is 13.7. The number of anilines is 1. The second-order valence-corrected chi connectivity index (χ2v) is 5.24. The van der Waals surface area contributed by atoms with Gasteiger partial charge >= 0.3 is 0 Å². The molecule has 94 valence electrons. The van der Waals surface area contributed by atoms with Crippen LogP contribution >= 0.6 is 0 Å². The number of hydrogen-bond donors (Lipinski definition) is 2. The number of nitrogens with zero attached hydrogens (tertiary/aromatic N) is 1. The standard InChI is InChI=1S/C14H23N3/c1-9(2)11(4)10(3)7-13(16)14-6-5-12(15)8-17-14/h5-6,8-11,16H,7,15H2,1-4H3. The molecule has 0 aliphatic rings. The van der Waals surface area contributed by atoms with Crippen LogP contribution in [0.5, 0.6) is 0 Å². The van der Waals surface area contributed by atoms with Crippen LogP contribution in [0.2, 0.25) is 0 Å². The van der Waals surface area contributed by atoms with Crippen molar-refractivity contribution in [3.63, 3.8) is 0 Å². The number of hydrogen-bond acceptors (Lipinski definition) is 3. The molecule has 0 saturated heterocycles. The van der Waals surface area contributed by atoms with Crippen molar-refractivity contribution in [2.24, 2.45) is 17.8 Å². The lowest BCUT2D eigenvalue weighted by Crippen LogP contribution is -2.18. The molecule has 0 aromatic carbocycles. The molecule has 0 aliphatic carbocycles. The van der Waals surface area contributed by atoms with Gasteiger partial charge in [0.05, 0.1) is 23.3 Å². The van der Waals surface area contributed by atoms with Crippen LogP contribution in [0.15, 0.2) is 18.3 Å². The molecular weight excluding hydrogens is 210 g/mol. The number of nitrogens with two attached hydrogens (primary N) is 1. The van der Waals surface area contributed by atoms with E-state index in [4.69, 9.17) is 11.1 Å². The zero-order valence-corrected chi connectivity index (χ0v) is 11.2. The summed E-state index contributed by atoms with van der Waals surface area (Å²) in [6, 6.07) is 3.62. The third-order valence-electron chi connectivity index (χ3n) is 3.57. The van der Waals surface area contributed by atoms with Gasteiger partial charge in [-0.25, -0.2) is 0 Å². The lowest BCUT2D eigenvalue weighted by molar-refractivity contribution is 0.303. The molecule has 17 heavy (non-hydrogen) atoms. The maximum absolute atomic E-state index is 8.06. The van der Waals surface area contributed by atoms with Crippen LogP contribution in [0.4, 0.5) is 5.69 Å². The predicted octanol–water partition coefficient (Wildman–Crippen LogP) is 3.35. The molecule has 3 N–H and O–H groups in total. The van der Waals surface area contributed by atoms with E-state index < -0.39 is 0 Å². The first-order valence-corrected chi connectivity index (χ1v) is 6.21. The first-order chi connectivity index (χ1) is 7.91. The van der Waals surface area contributed by atoms with Crippen molar-refractivity contribution >= 4 is 11.4 Å². The summed E-state index contributed by atoms with van der Waals surface area (Å²) in [4.78, 5) is 4.19. The number of pyridine rings is 1. The fourth-order valence-electron chi connectivity index (χ4n) is 1.85. The Bertz CT molecular complexity index is 368. The smallest absolute Gasteiger partial charge is 0.0838 e. The van der Waals surface area contributed by atoms with Crippen molar-refractivity contribution in [3.8, 4) is 0 Å². The molecule has 1 heterocycles. The molecule has 0 amide bonds. The summed E-state index contributed by atoms with van der Waals surface area (Å²) < 4.78 is 0. The normalized spacial score (nSPS) is 14.6. The average molecular weight is 233 g/mol. The predicted molar refractivity (Wildman–Crippen MR) is 73.3 cm³/mol. The van der Waals surface area contributed by atoms with Crippen LogP contribution in [0.1, 0.15) is 39.8 Å². The molecule has 0 fully saturated rings. The lowest BCUT2D eigenvalue weighted by Gasteiger charge is -2.23. The van der Waals surface area contributed by atoms with E-state index >= 15 is 0 Å². The number of nitrogen functional groups attached to an aromatic ring is 1.